The zero-order valence-corrected chi connectivity index (χ0v) is 10.3. The average Bonchev–Trinajstić information content (AvgIpc) is 2.23. The standard InChI is InChI=1S/C8H20N2O5S/c1-14-7-4-10-16(12,13)9-3-2-6-15-8-5-11/h9-11H,2-8H2,1H3. The quantitative estimate of drug-likeness (QED) is 0.389. The SMILES string of the molecule is COCCNS(=O)(=O)NCCCOCCO. The second-order valence-electron chi connectivity index (χ2n) is 2.97. The van der Waals surface area contributed by atoms with Gasteiger partial charge in [0.1, 0.15) is 0 Å². The van der Waals surface area contributed by atoms with E-state index in [1.54, 1.807) is 0 Å². The molecule has 0 amide bonds. The molecule has 8 heteroatoms. The molecule has 0 radical (unpaired) electrons. The Bertz CT molecular complexity index is 245. The Morgan fingerprint density at radius 2 is 1.81 bits per heavy atom. The van der Waals surface area contributed by atoms with Crippen LogP contribution in [0.3, 0.4) is 0 Å². The van der Waals surface area contributed by atoms with Gasteiger partial charge in [-0.3, -0.25) is 0 Å². The average molecular weight is 256 g/mol. The van der Waals surface area contributed by atoms with Crippen molar-refractivity contribution in [3.05, 3.63) is 0 Å². The molecule has 0 aromatic heterocycles. The Kier molecular flexibility index (Phi) is 9.78. The molecule has 0 aromatic rings. The molecule has 0 bridgehead atoms. The Morgan fingerprint density at radius 3 is 2.44 bits per heavy atom. The van der Waals surface area contributed by atoms with Gasteiger partial charge < -0.3 is 14.6 Å². The van der Waals surface area contributed by atoms with Gasteiger partial charge in [-0.05, 0) is 6.42 Å². The number of nitrogens with one attached hydrogen (secondary N) is 2. The van der Waals surface area contributed by atoms with E-state index in [2.05, 4.69) is 9.44 Å². The summed E-state index contributed by atoms with van der Waals surface area (Å²) in [6.07, 6.45) is 0.561. The summed E-state index contributed by atoms with van der Waals surface area (Å²) in [6.45, 7) is 1.55. The van der Waals surface area contributed by atoms with Gasteiger partial charge in [-0.15, -0.1) is 0 Å². The summed E-state index contributed by atoms with van der Waals surface area (Å²) < 4.78 is 36.8. The normalized spacial score (nSPS) is 11.9. The first-order valence-corrected chi connectivity index (χ1v) is 6.52. The summed E-state index contributed by atoms with van der Waals surface area (Å²) in [6, 6.07) is 0. The summed E-state index contributed by atoms with van der Waals surface area (Å²) in [7, 11) is -1.93. The van der Waals surface area contributed by atoms with Gasteiger partial charge in [-0.2, -0.15) is 13.1 Å². The Morgan fingerprint density at radius 1 is 1.12 bits per heavy atom. The van der Waals surface area contributed by atoms with Crippen molar-refractivity contribution in [2.75, 3.05) is 46.6 Å². The maximum absolute atomic E-state index is 11.2. The zero-order chi connectivity index (χ0) is 12.3. The molecule has 7 nitrogen and oxygen atoms in total. The molecule has 0 rings (SSSR count). The van der Waals surface area contributed by atoms with E-state index in [0.29, 0.717) is 26.2 Å². The van der Waals surface area contributed by atoms with E-state index >= 15 is 0 Å². The van der Waals surface area contributed by atoms with Crippen LogP contribution >= 0.6 is 0 Å². The van der Waals surface area contributed by atoms with Crippen LogP contribution in [0.15, 0.2) is 0 Å². The third kappa shape index (κ3) is 10.3. The van der Waals surface area contributed by atoms with Crippen LogP contribution in [0.4, 0.5) is 0 Å². The molecule has 0 aliphatic carbocycles. The molecule has 0 fully saturated rings. The second kappa shape index (κ2) is 9.94. The minimum Gasteiger partial charge on any atom is -0.394 e. The molecular formula is C8H20N2O5S. The fourth-order valence-electron chi connectivity index (χ4n) is 0.876. The zero-order valence-electron chi connectivity index (χ0n) is 9.44. The third-order valence-corrected chi connectivity index (χ3v) is 2.76. The lowest BCUT2D eigenvalue weighted by atomic mass is 10.5. The highest BCUT2D eigenvalue weighted by atomic mass is 32.2. The van der Waals surface area contributed by atoms with E-state index in [9.17, 15) is 8.42 Å². The van der Waals surface area contributed by atoms with Crippen molar-refractivity contribution in [3.8, 4) is 0 Å². The van der Waals surface area contributed by atoms with Crippen LogP contribution in [0.2, 0.25) is 0 Å². The highest BCUT2D eigenvalue weighted by molar-refractivity contribution is 7.87. The van der Waals surface area contributed by atoms with Crippen molar-refractivity contribution in [3.63, 3.8) is 0 Å². The topological polar surface area (TPSA) is 96.9 Å². The molecule has 16 heavy (non-hydrogen) atoms. The summed E-state index contributed by atoms with van der Waals surface area (Å²) in [5.41, 5.74) is 0. The lowest BCUT2D eigenvalue weighted by Crippen LogP contribution is -2.38. The van der Waals surface area contributed by atoms with Gasteiger partial charge in [0.25, 0.3) is 10.2 Å². The van der Waals surface area contributed by atoms with Crippen LogP contribution in [0.25, 0.3) is 0 Å². The number of rotatable bonds is 11. The van der Waals surface area contributed by atoms with E-state index in [-0.39, 0.29) is 19.8 Å². The van der Waals surface area contributed by atoms with Crippen molar-refractivity contribution >= 4 is 10.2 Å². The molecule has 98 valence electrons. The minimum atomic E-state index is -3.43. The van der Waals surface area contributed by atoms with Gasteiger partial charge in [0.2, 0.25) is 0 Å². The van der Waals surface area contributed by atoms with Gasteiger partial charge in [0.15, 0.2) is 0 Å². The van der Waals surface area contributed by atoms with E-state index in [0.717, 1.165) is 0 Å². The third-order valence-electron chi connectivity index (χ3n) is 1.59. The predicted octanol–water partition coefficient (Wildman–Crippen LogP) is -1.54. The van der Waals surface area contributed by atoms with E-state index < -0.39 is 10.2 Å². The van der Waals surface area contributed by atoms with E-state index in [1.807, 2.05) is 0 Å². The highest BCUT2D eigenvalue weighted by Gasteiger charge is 2.06. The highest BCUT2D eigenvalue weighted by Crippen LogP contribution is 1.83. The molecule has 3 N–H and O–H groups in total. The van der Waals surface area contributed by atoms with Crippen molar-refractivity contribution in [1.29, 1.82) is 0 Å². The molecule has 0 unspecified atom stereocenters. The molecule has 0 saturated carbocycles. The van der Waals surface area contributed by atoms with Crippen LogP contribution in [0.1, 0.15) is 6.42 Å². The Balaban J connectivity index is 3.43. The van der Waals surface area contributed by atoms with Gasteiger partial charge in [-0.1, -0.05) is 0 Å². The lowest BCUT2D eigenvalue weighted by Gasteiger charge is -2.07. The van der Waals surface area contributed by atoms with Crippen LogP contribution in [0.5, 0.6) is 0 Å². The first-order chi connectivity index (χ1) is 7.62. The first-order valence-electron chi connectivity index (χ1n) is 5.04. The largest absolute Gasteiger partial charge is 0.394 e. The predicted molar refractivity (Wildman–Crippen MR) is 59.3 cm³/mol. The maximum atomic E-state index is 11.2. The van der Waals surface area contributed by atoms with Crippen LogP contribution < -0.4 is 9.44 Å². The van der Waals surface area contributed by atoms with Crippen molar-refractivity contribution in [2.45, 2.75) is 6.42 Å². The summed E-state index contributed by atoms with van der Waals surface area (Å²) in [5, 5.41) is 8.41. The first kappa shape index (κ1) is 15.8. The molecule has 0 heterocycles. The molecule has 0 atom stereocenters. The number of methoxy groups -OCH3 is 1. The van der Waals surface area contributed by atoms with Crippen molar-refractivity contribution in [2.24, 2.45) is 0 Å². The van der Waals surface area contributed by atoms with Gasteiger partial charge >= 0.3 is 0 Å². The number of ether oxygens (including phenoxy) is 2. The number of aliphatic hydroxyl groups excluding tert-OH is 1. The van der Waals surface area contributed by atoms with E-state index in [4.69, 9.17) is 14.6 Å². The molecule has 0 aliphatic heterocycles. The summed E-state index contributed by atoms with van der Waals surface area (Å²) in [4.78, 5) is 0. The van der Waals surface area contributed by atoms with E-state index in [1.165, 1.54) is 7.11 Å². The second-order valence-corrected chi connectivity index (χ2v) is 4.56. The number of hydrogen-bond donors (Lipinski definition) is 3. The minimum absolute atomic E-state index is 0.0235. The number of aliphatic hydroxyl groups is 1. The van der Waals surface area contributed by atoms with Crippen molar-refractivity contribution < 1.29 is 23.0 Å². The molecule has 0 aliphatic rings. The van der Waals surface area contributed by atoms with Crippen LogP contribution in [0, 0.1) is 0 Å². The van der Waals surface area contributed by atoms with Crippen LogP contribution in [-0.2, 0) is 19.7 Å². The summed E-state index contributed by atoms with van der Waals surface area (Å²) in [5.74, 6) is 0. The molecule has 0 saturated heterocycles. The summed E-state index contributed by atoms with van der Waals surface area (Å²) >= 11 is 0. The molecule has 0 spiro atoms. The van der Waals surface area contributed by atoms with Crippen LogP contribution in [-0.4, -0.2) is 60.2 Å². The van der Waals surface area contributed by atoms with Gasteiger partial charge in [-0.25, -0.2) is 4.72 Å². The van der Waals surface area contributed by atoms with Crippen molar-refractivity contribution in [1.82, 2.24) is 9.44 Å². The molecular weight excluding hydrogens is 236 g/mol. The maximum Gasteiger partial charge on any atom is 0.276 e. The Labute approximate surface area is 96.3 Å². The fourth-order valence-corrected chi connectivity index (χ4v) is 1.74. The Hall–Kier alpha value is -0.250. The lowest BCUT2D eigenvalue weighted by molar-refractivity contribution is 0.0913. The monoisotopic (exact) mass is 256 g/mol. The van der Waals surface area contributed by atoms with Gasteiger partial charge in [0.05, 0.1) is 19.8 Å². The van der Waals surface area contributed by atoms with Gasteiger partial charge in [0, 0.05) is 26.8 Å². The fraction of sp³-hybridized carbons (Fsp3) is 1.00. The smallest absolute Gasteiger partial charge is 0.276 e. The number of hydrogen-bond acceptors (Lipinski definition) is 5. The molecule has 0 aromatic carbocycles.